The molecule has 3 fully saturated rings. The van der Waals surface area contributed by atoms with Gasteiger partial charge in [0, 0.05) is 41.3 Å². The van der Waals surface area contributed by atoms with Gasteiger partial charge in [0.1, 0.15) is 5.58 Å². The largest absolute Gasteiger partial charge is 0.451 e. The molecule has 3 aromatic rings. The number of anilines is 1. The topological polar surface area (TPSA) is 110 Å². The second-order valence-electron chi connectivity index (χ2n) is 11.1. The van der Waals surface area contributed by atoms with Crippen LogP contribution < -0.4 is 10.2 Å². The molecule has 0 radical (unpaired) electrons. The lowest BCUT2D eigenvalue weighted by Crippen LogP contribution is -2.56. The molecule has 1 saturated heterocycles. The molecular formula is C29H31N3O5S2. The van der Waals surface area contributed by atoms with E-state index in [1.807, 2.05) is 28.5 Å². The number of thiazole rings is 1. The summed E-state index contributed by atoms with van der Waals surface area (Å²) in [6.07, 6.45) is 11.8. The number of terminal acetylenes is 1. The van der Waals surface area contributed by atoms with Gasteiger partial charge in [-0.3, -0.25) is 9.59 Å². The van der Waals surface area contributed by atoms with Crippen molar-refractivity contribution in [3.63, 3.8) is 0 Å². The molecule has 6 rings (SSSR count). The minimum absolute atomic E-state index is 0.0371. The minimum Gasteiger partial charge on any atom is -0.451 e. The summed E-state index contributed by atoms with van der Waals surface area (Å²) < 4.78 is 29.5. The Morgan fingerprint density at radius 3 is 2.54 bits per heavy atom. The van der Waals surface area contributed by atoms with Gasteiger partial charge in [0.15, 0.2) is 26.5 Å². The lowest BCUT2D eigenvalue weighted by molar-refractivity contribution is -0.127. The van der Waals surface area contributed by atoms with Crippen LogP contribution in [0.5, 0.6) is 0 Å². The Bertz CT molecular complexity index is 1570. The lowest BCUT2D eigenvalue weighted by Gasteiger charge is -2.37. The molecule has 0 bridgehead atoms. The third kappa shape index (κ3) is 5.22. The Labute approximate surface area is 232 Å². The van der Waals surface area contributed by atoms with E-state index in [9.17, 15) is 18.0 Å². The fourth-order valence-corrected chi connectivity index (χ4v) is 7.75. The number of amides is 1. The fraction of sp³-hybridized carbons (Fsp3) is 0.483. The molecule has 0 spiro atoms. The summed E-state index contributed by atoms with van der Waals surface area (Å²) in [5.74, 6) is 2.91. The fourth-order valence-electron chi connectivity index (χ4n) is 5.66. The molecule has 39 heavy (non-hydrogen) atoms. The molecule has 2 aliphatic carbocycles. The van der Waals surface area contributed by atoms with Crippen LogP contribution in [0.3, 0.4) is 0 Å². The van der Waals surface area contributed by atoms with Crippen molar-refractivity contribution in [3.8, 4) is 23.6 Å². The zero-order chi connectivity index (χ0) is 27.3. The third-order valence-electron chi connectivity index (χ3n) is 8.40. The van der Waals surface area contributed by atoms with Crippen molar-refractivity contribution in [3.05, 3.63) is 35.4 Å². The minimum atomic E-state index is -2.96. The average Bonchev–Trinajstić information content (AvgIpc) is 3.32. The number of furan rings is 1. The second-order valence-corrected chi connectivity index (χ2v) is 14.3. The number of nitrogens with zero attached hydrogens (tertiary/aromatic N) is 2. The van der Waals surface area contributed by atoms with Crippen LogP contribution in [0.15, 0.2) is 34.1 Å². The summed E-state index contributed by atoms with van der Waals surface area (Å²) in [5.41, 5.74) is 0.949. The number of rotatable bonds is 7. The normalized spacial score (nSPS) is 21.3. The Hall–Kier alpha value is -3.16. The van der Waals surface area contributed by atoms with Crippen LogP contribution in [0, 0.1) is 17.8 Å². The van der Waals surface area contributed by atoms with E-state index in [0.717, 1.165) is 53.9 Å². The Morgan fingerprint density at radius 1 is 1.10 bits per heavy atom. The number of hydrogen-bond acceptors (Lipinski definition) is 8. The van der Waals surface area contributed by atoms with Gasteiger partial charge in [-0.25, -0.2) is 13.4 Å². The quantitative estimate of drug-likeness (QED) is 0.417. The molecule has 8 nitrogen and oxygen atoms in total. The first-order valence-corrected chi connectivity index (χ1v) is 16.2. The molecule has 1 aromatic carbocycles. The average molecular weight is 566 g/mol. The van der Waals surface area contributed by atoms with E-state index in [1.165, 1.54) is 11.3 Å². The highest BCUT2D eigenvalue weighted by Crippen LogP contribution is 2.49. The molecule has 1 amide bonds. The highest BCUT2D eigenvalue weighted by Gasteiger charge is 2.49. The van der Waals surface area contributed by atoms with E-state index in [0.29, 0.717) is 37.9 Å². The standard InChI is InChI=1S/C29H31N3O5S2/c1-2-28(10-11-28)18-25(33)29(8-4-3-5-9-29)31-26(34)24-17-21-7-6-20(16-23(21)37-24)22-19-38-27(30-22)32-12-14-39(35,36)15-13-32/h1,6-7,16-17,19H,3-5,8-15,18H2,(H,31,34). The molecule has 0 unspecified atom stereocenters. The zero-order valence-electron chi connectivity index (χ0n) is 21.7. The molecular weight excluding hydrogens is 534 g/mol. The van der Waals surface area contributed by atoms with Crippen molar-refractivity contribution < 1.29 is 22.4 Å². The summed E-state index contributed by atoms with van der Waals surface area (Å²) in [6.45, 7) is 0.886. The first-order chi connectivity index (χ1) is 18.7. The van der Waals surface area contributed by atoms with Crippen molar-refractivity contribution in [1.82, 2.24) is 10.3 Å². The molecule has 3 heterocycles. The van der Waals surface area contributed by atoms with Crippen LogP contribution in [0.25, 0.3) is 22.2 Å². The Kier molecular flexibility index (Phi) is 6.55. The number of ketones is 1. The summed E-state index contributed by atoms with van der Waals surface area (Å²) in [4.78, 5) is 33.5. The van der Waals surface area contributed by atoms with Gasteiger partial charge in [0.25, 0.3) is 5.91 Å². The number of nitrogens with one attached hydrogen (secondary N) is 1. The number of benzene rings is 1. The lowest BCUT2D eigenvalue weighted by atomic mass is 9.75. The van der Waals surface area contributed by atoms with Gasteiger partial charge >= 0.3 is 0 Å². The van der Waals surface area contributed by atoms with Crippen LogP contribution in [0.4, 0.5) is 5.13 Å². The molecule has 2 aromatic heterocycles. The second kappa shape index (κ2) is 9.79. The van der Waals surface area contributed by atoms with Crippen molar-refractivity contribution >= 4 is 49.0 Å². The number of carbonyl (C=O) groups is 2. The van der Waals surface area contributed by atoms with Gasteiger partial charge in [0.2, 0.25) is 0 Å². The van der Waals surface area contributed by atoms with Crippen LogP contribution in [0.2, 0.25) is 0 Å². The zero-order valence-corrected chi connectivity index (χ0v) is 23.3. The van der Waals surface area contributed by atoms with E-state index in [-0.39, 0.29) is 34.4 Å². The van der Waals surface area contributed by atoms with E-state index >= 15 is 0 Å². The van der Waals surface area contributed by atoms with Crippen LogP contribution in [0.1, 0.15) is 61.9 Å². The first kappa shape index (κ1) is 26.1. The molecule has 204 valence electrons. The predicted molar refractivity (Wildman–Crippen MR) is 152 cm³/mol. The van der Waals surface area contributed by atoms with Gasteiger partial charge in [-0.05, 0) is 37.8 Å². The SMILES string of the molecule is C#CC1(CC(=O)C2(NC(=O)c3cc4ccc(-c5csc(N6CCS(=O)(=O)CC6)n5)cc4o3)CCCCC2)CC1. The number of carbonyl (C=O) groups excluding carboxylic acids is 2. The number of sulfone groups is 1. The van der Waals surface area contributed by atoms with Gasteiger partial charge in [0.05, 0.1) is 22.7 Å². The van der Waals surface area contributed by atoms with E-state index in [1.54, 1.807) is 6.07 Å². The van der Waals surface area contributed by atoms with Crippen molar-refractivity contribution in [1.29, 1.82) is 0 Å². The predicted octanol–water partition coefficient (Wildman–Crippen LogP) is 4.60. The monoisotopic (exact) mass is 565 g/mol. The molecule has 1 aliphatic heterocycles. The molecule has 0 atom stereocenters. The first-order valence-electron chi connectivity index (χ1n) is 13.5. The van der Waals surface area contributed by atoms with Crippen molar-refractivity contribution in [2.75, 3.05) is 29.5 Å². The maximum Gasteiger partial charge on any atom is 0.287 e. The van der Waals surface area contributed by atoms with Crippen LogP contribution in [-0.2, 0) is 14.6 Å². The number of fused-ring (bicyclic) bond motifs is 1. The van der Waals surface area contributed by atoms with Crippen molar-refractivity contribution in [2.24, 2.45) is 5.41 Å². The van der Waals surface area contributed by atoms with Crippen molar-refractivity contribution in [2.45, 2.75) is 56.9 Å². The Morgan fingerprint density at radius 2 is 1.85 bits per heavy atom. The Balaban J connectivity index is 1.20. The van der Waals surface area contributed by atoms with E-state index in [4.69, 9.17) is 15.8 Å². The summed E-state index contributed by atoms with van der Waals surface area (Å²) >= 11 is 1.48. The van der Waals surface area contributed by atoms with Gasteiger partial charge in [-0.2, -0.15) is 0 Å². The van der Waals surface area contributed by atoms with Crippen LogP contribution >= 0.6 is 11.3 Å². The smallest absolute Gasteiger partial charge is 0.287 e. The number of Topliss-reactive ketones (excluding diaryl/α,β-unsaturated/α-hetero) is 1. The van der Waals surface area contributed by atoms with Gasteiger partial charge < -0.3 is 14.6 Å². The van der Waals surface area contributed by atoms with E-state index < -0.39 is 15.4 Å². The number of aromatic nitrogens is 1. The van der Waals surface area contributed by atoms with Crippen LogP contribution in [-0.4, -0.2) is 55.2 Å². The number of hydrogen-bond donors (Lipinski definition) is 1. The highest BCUT2D eigenvalue weighted by molar-refractivity contribution is 7.91. The van der Waals surface area contributed by atoms with Gasteiger partial charge in [-0.1, -0.05) is 37.3 Å². The molecule has 2 saturated carbocycles. The van der Waals surface area contributed by atoms with Gasteiger partial charge in [-0.15, -0.1) is 17.8 Å². The molecule has 1 N–H and O–H groups in total. The third-order valence-corrected chi connectivity index (χ3v) is 10.9. The maximum atomic E-state index is 13.4. The summed E-state index contributed by atoms with van der Waals surface area (Å²) in [6, 6.07) is 7.39. The maximum absolute atomic E-state index is 13.4. The molecule has 3 aliphatic rings. The molecule has 10 heteroatoms. The highest BCUT2D eigenvalue weighted by atomic mass is 32.2. The summed E-state index contributed by atoms with van der Waals surface area (Å²) in [5, 5.41) is 6.59. The summed E-state index contributed by atoms with van der Waals surface area (Å²) in [7, 11) is -2.96. The van der Waals surface area contributed by atoms with E-state index in [2.05, 4.69) is 11.2 Å².